The van der Waals surface area contributed by atoms with Gasteiger partial charge in [0.25, 0.3) is 15.7 Å². The first-order valence-corrected chi connectivity index (χ1v) is 9.73. The van der Waals surface area contributed by atoms with E-state index < -0.39 is 26.7 Å². The molecule has 0 unspecified atom stereocenters. The van der Waals surface area contributed by atoms with Crippen molar-refractivity contribution in [1.29, 1.82) is 0 Å². The van der Waals surface area contributed by atoms with Crippen molar-refractivity contribution in [3.63, 3.8) is 0 Å². The maximum absolute atomic E-state index is 13.5. The second kappa shape index (κ2) is 7.84. The van der Waals surface area contributed by atoms with E-state index in [-0.39, 0.29) is 16.6 Å². The largest absolute Gasteiger partial charge is 0.481 e. The fraction of sp³-hybridized carbons (Fsp3) is 0.375. The first kappa shape index (κ1) is 19.0. The molecular formula is C16H19N5O5S. The number of anilines is 1. The molecular weight excluding hydrogens is 374 g/mol. The molecule has 10 nitrogen and oxygen atoms in total. The van der Waals surface area contributed by atoms with E-state index in [1.54, 1.807) is 0 Å². The van der Waals surface area contributed by atoms with E-state index in [4.69, 9.17) is 4.74 Å². The summed E-state index contributed by atoms with van der Waals surface area (Å²) in [5.41, 5.74) is -0.475. The van der Waals surface area contributed by atoms with E-state index in [0.717, 1.165) is 4.31 Å². The number of nitro groups is 1. The number of rotatable bonds is 6. The number of benzene rings is 1. The third-order valence-electron chi connectivity index (χ3n) is 4.30. The van der Waals surface area contributed by atoms with Crippen molar-refractivity contribution in [2.75, 3.05) is 24.5 Å². The van der Waals surface area contributed by atoms with Crippen molar-refractivity contribution in [2.24, 2.45) is 0 Å². The molecule has 144 valence electrons. The molecule has 11 heteroatoms. The second-order valence-corrected chi connectivity index (χ2v) is 7.71. The highest BCUT2D eigenvalue weighted by atomic mass is 32.2. The summed E-state index contributed by atoms with van der Waals surface area (Å²) in [5.74, 6) is 0.323. The van der Waals surface area contributed by atoms with Gasteiger partial charge in [-0.3, -0.25) is 10.1 Å². The van der Waals surface area contributed by atoms with Gasteiger partial charge in [0.2, 0.25) is 5.88 Å². The molecule has 1 aromatic heterocycles. The van der Waals surface area contributed by atoms with Gasteiger partial charge >= 0.3 is 0 Å². The summed E-state index contributed by atoms with van der Waals surface area (Å²) in [5, 5.41) is 14.5. The molecule has 2 aromatic rings. The molecule has 0 spiro atoms. The van der Waals surface area contributed by atoms with Crippen molar-refractivity contribution in [3.8, 4) is 5.88 Å². The van der Waals surface area contributed by atoms with E-state index in [1.165, 1.54) is 43.8 Å². The van der Waals surface area contributed by atoms with E-state index >= 15 is 0 Å². The summed E-state index contributed by atoms with van der Waals surface area (Å²) in [4.78, 5) is 18.3. The molecule has 3 rings (SSSR count). The van der Waals surface area contributed by atoms with Crippen molar-refractivity contribution in [2.45, 2.75) is 23.8 Å². The zero-order chi connectivity index (χ0) is 19.4. The standard InChI is InChI=1S/C16H19N5O5S/c1-26-16-10-15(18-11-19-16)20(12-6-8-17-9-7-12)27(24,25)14-5-3-2-4-13(14)21(22)23/h2-5,10-12,17H,6-9H2,1H3. The number of nitro benzene ring substituents is 1. The summed E-state index contributed by atoms with van der Waals surface area (Å²) >= 11 is 0. The average molecular weight is 393 g/mol. The molecule has 27 heavy (non-hydrogen) atoms. The first-order valence-electron chi connectivity index (χ1n) is 8.29. The molecule has 0 radical (unpaired) electrons. The number of nitrogens with zero attached hydrogens (tertiary/aromatic N) is 4. The fourth-order valence-electron chi connectivity index (χ4n) is 3.04. The fourth-order valence-corrected chi connectivity index (χ4v) is 4.86. The highest BCUT2D eigenvalue weighted by molar-refractivity contribution is 7.93. The van der Waals surface area contributed by atoms with Gasteiger partial charge in [-0.2, -0.15) is 0 Å². The van der Waals surface area contributed by atoms with Gasteiger partial charge in [0.05, 0.1) is 12.0 Å². The highest BCUT2D eigenvalue weighted by Crippen LogP contribution is 2.33. The number of hydrogen-bond acceptors (Lipinski definition) is 8. The van der Waals surface area contributed by atoms with Crippen molar-refractivity contribution in [1.82, 2.24) is 15.3 Å². The molecule has 1 saturated heterocycles. The van der Waals surface area contributed by atoms with Gasteiger partial charge in [-0.1, -0.05) is 12.1 Å². The predicted molar refractivity (Wildman–Crippen MR) is 97.2 cm³/mol. The lowest BCUT2D eigenvalue weighted by atomic mass is 10.1. The van der Waals surface area contributed by atoms with Crippen LogP contribution in [0.25, 0.3) is 0 Å². The Balaban J connectivity index is 2.16. The maximum Gasteiger partial charge on any atom is 0.289 e. The van der Waals surface area contributed by atoms with Crippen LogP contribution in [0.5, 0.6) is 5.88 Å². The summed E-state index contributed by atoms with van der Waals surface area (Å²) in [6, 6.07) is 6.32. The zero-order valence-electron chi connectivity index (χ0n) is 14.6. The minimum absolute atomic E-state index is 0.118. The lowest BCUT2D eigenvalue weighted by Crippen LogP contribution is -2.46. The normalized spacial score (nSPS) is 15.3. The van der Waals surface area contributed by atoms with Crippen molar-refractivity contribution >= 4 is 21.5 Å². The Bertz CT molecular complexity index is 930. The minimum atomic E-state index is -4.24. The third kappa shape index (κ3) is 3.83. The van der Waals surface area contributed by atoms with Crippen LogP contribution < -0.4 is 14.4 Å². The van der Waals surface area contributed by atoms with Crippen LogP contribution in [0.2, 0.25) is 0 Å². The van der Waals surface area contributed by atoms with Gasteiger partial charge in [-0.05, 0) is 32.0 Å². The van der Waals surface area contributed by atoms with E-state index in [0.29, 0.717) is 25.9 Å². The number of methoxy groups -OCH3 is 1. The number of aromatic nitrogens is 2. The van der Waals surface area contributed by atoms with Crippen molar-refractivity contribution in [3.05, 3.63) is 46.8 Å². The molecule has 1 aliphatic rings. The summed E-state index contributed by atoms with van der Waals surface area (Å²) < 4.78 is 33.1. The molecule has 1 fully saturated rings. The molecule has 2 heterocycles. The molecule has 1 aliphatic heterocycles. The van der Waals surface area contributed by atoms with Crippen LogP contribution >= 0.6 is 0 Å². The Hall–Kier alpha value is -2.79. The van der Waals surface area contributed by atoms with Crippen molar-refractivity contribution < 1.29 is 18.1 Å². The SMILES string of the molecule is COc1cc(N(C2CCNCC2)S(=O)(=O)c2ccccc2[N+](=O)[O-])ncn1. The van der Waals surface area contributed by atoms with Gasteiger partial charge in [-0.15, -0.1) is 0 Å². The monoisotopic (exact) mass is 393 g/mol. The molecule has 0 atom stereocenters. The number of hydrogen-bond donors (Lipinski definition) is 1. The molecule has 1 aromatic carbocycles. The van der Waals surface area contributed by atoms with E-state index in [9.17, 15) is 18.5 Å². The Labute approximate surface area is 156 Å². The first-order chi connectivity index (χ1) is 12.9. The third-order valence-corrected chi connectivity index (χ3v) is 6.21. The minimum Gasteiger partial charge on any atom is -0.481 e. The van der Waals surface area contributed by atoms with E-state index in [2.05, 4.69) is 15.3 Å². The van der Waals surface area contributed by atoms with Crippen LogP contribution in [-0.2, 0) is 10.0 Å². The highest BCUT2D eigenvalue weighted by Gasteiger charge is 2.37. The van der Waals surface area contributed by atoms with Gasteiger partial charge in [0.15, 0.2) is 4.90 Å². The van der Waals surface area contributed by atoms with Crippen LogP contribution in [0.15, 0.2) is 41.6 Å². The predicted octanol–water partition coefficient (Wildman–Crippen LogP) is 1.34. The Morgan fingerprint density at radius 1 is 1.26 bits per heavy atom. The van der Waals surface area contributed by atoms with E-state index in [1.807, 2.05) is 0 Å². The number of nitrogens with one attached hydrogen (secondary N) is 1. The van der Waals surface area contributed by atoms with Gasteiger partial charge in [0, 0.05) is 18.2 Å². The lowest BCUT2D eigenvalue weighted by Gasteiger charge is -2.34. The van der Waals surface area contributed by atoms with Crippen LogP contribution in [0, 0.1) is 10.1 Å². The summed E-state index contributed by atoms with van der Waals surface area (Å²) in [6.07, 6.45) is 2.30. The maximum atomic E-state index is 13.5. The Morgan fingerprint density at radius 2 is 1.96 bits per heavy atom. The van der Waals surface area contributed by atoms with Crippen LogP contribution in [-0.4, -0.2) is 49.6 Å². The number of piperidine rings is 1. The lowest BCUT2D eigenvalue weighted by molar-refractivity contribution is -0.387. The molecule has 0 aliphatic carbocycles. The Kier molecular flexibility index (Phi) is 5.51. The number of ether oxygens (including phenoxy) is 1. The molecule has 1 N–H and O–H groups in total. The van der Waals surface area contributed by atoms with Crippen LogP contribution in [0.1, 0.15) is 12.8 Å². The second-order valence-electron chi connectivity index (χ2n) is 5.93. The zero-order valence-corrected chi connectivity index (χ0v) is 15.4. The number of sulfonamides is 1. The smallest absolute Gasteiger partial charge is 0.289 e. The molecule has 0 bridgehead atoms. The number of para-hydroxylation sites is 1. The van der Waals surface area contributed by atoms with Gasteiger partial charge < -0.3 is 10.1 Å². The van der Waals surface area contributed by atoms with Gasteiger partial charge in [0.1, 0.15) is 12.1 Å². The topological polar surface area (TPSA) is 128 Å². The summed E-state index contributed by atoms with van der Waals surface area (Å²) in [7, 11) is -2.82. The van der Waals surface area contributed by atoms with Crippen LogP contribution in [0.3, 0.4) is 0 Å². The Morgan fingerprint density at radius 3 is 2.63 bits per heavy atom. The van der Waals surface area contributed by atoms with Gasteiger partial charge in [-0.25, -0.2) is 22.7 Å². The quantitative estimate of drug-likeness (QED) is 0.575. The summed E-state index contributed by atoms with van der Waals surface area (Å²) in [6.45, 7) is 1.27. The van der Waals surface area contributed by atoms with Crippen LogP contribution in [0.4, 0.5) is 11.5 Å². The molecule has 0 saturated carbocycles. The average Bonchev–Trinajstić information content (AvgIpc) is 2.69. The molecule has 0 amide bonds.